The van der Waals surface area contributed by atoms with Crippen molar-refractivity contribution < 1.29 is 5.11 Å². The van der Waals surface area contributed by atoms with Gasteiger partial charge in [0.25, 0.3) is 5.56 Å². The van der Waals surface area contributed by atoms with Gasteiger partial charge in [-0.25, -0.2) is 4.98 Å². The molecule has 130 valence electrons. The second-order valence-corrected chi connectivity index (χ2v) is 6.39. The van der Waals surface area contributed by atoms with E-state index in [0.717, 1.165) is 5.56 Å². The van der Waals surface area contributed by atoms with Crippen LogP contribution in [-0.4, -0.2) is 24.3 Å². The second-order valence-electron chi connectivity index (χ2n) is 6.00. The number of pyridine rings is 1. The molecule has 0 saturated carbocycles. The van der Waals surface area contributed by atoms with Gasteiger partial charge in [-0.1, -0.05) is 48.0 Å². The Morgan fingerprint density at radius 2 is 1.92 bits per heavy atom. The number of hydrogen-bond acceptors (Lipinski definition) is 4. The van der Waals surface area contributed by atoms with E-state index < -0.39 is 0 Å². The highest BCUT2D eigenvalue weighted by Gasteiger charge is 2.19. The molecule has 0 aliphatic carbocycles. The fraction of sp³-hybridized carbons (Fsp3) is 0.105. The molecule has 1 aromatic carbocycles. The van der Waals surface area contributed by atoms with Gasteiger partial charge in [0.1, 0.15) is 16.4 Å². The molecular weight excluding hydrogens is 352 g/mol. The van der Waals surface area contributed by atoms with Gasteiger partial charge in [-0.15, -0.1) is 0 Å². The van der Waals surface area contributed by atoms with Crippen molar-refractivity contribution in [1.82, 2.24) is 19.2 Å². The maximum Gasteiger partial charge on any atom is 0.286 e. The number of hydrogen-bond donors (Lipinski definition) is 1. The zero-order chi connectivity index (χ0) is 18.3. The monoisotopic (exact) mass is 366 g/mol. The second kappa shape index (κ2) is 6.31. The van der Waals surface area contributed by atoms with Crippen LogP contribution in [0.5, 0.6) is 5.88 Å². The molecular formula is C19H15ClN4O2. The van der Waals surface area contributed by atoms with Gasteiger partial charge >= 0.3 is 0 Å². The van der Waals surface area contributed by atoms with Crippen molar-refractivity contribution in [2.75, 3.05) is 0 Å². The van der Waals surface area contributed by atoms with Crippen LogP contribution in [0.2, 0.25) is 5.15 Å². The molecule has 0 amide bonds. The summed E-state index contributed by atoms with van der Waals surface area (Å²) in [4.78, 5) is 17.0. The first-order valence-corrected chi connectivity index (χ1v) is 8.40. The number of nitrogens with zero attached hydrogens (tertiary/aromatic N) is 4. The van der Waals surface area contributed by atoms with Crippen LogP contribution in [0.4, 0.5) is 0 Å². The average Bonchev–Trinajstić information content (AvgIpc) is 3.03. The summed E-state index contributed by atoms with van der Waals surface area (Å²) in [5.74, 6) is -0.108. The van der Waals surface area contributed by atoms with Crippen molar-refractivity contribution in [3.05, 3.63) is 81.5 Å². The molecule has 0 aliphatic rings. The van der Waals surface area contributed by atoms with E-state index in [1.54, 1.807) is 42.0 Å². The molecule has 4 rings (SSSR count). The molecule has 0 atom stereocenters. The summed E-state index contributed by atoms with van der Waals surface area (Å²) in [5, 5.41) is 15.6. The fourth-order valence-corrected chi connectivity index (χ4v) is 3.08. The predicted molar refractivity (Wildman–Crippen MR) is 99.6 cm³/mol. The third-order valence-corrected chi connectivity index (χ3v) is 4.39. The molecule has 7 heteroatoms. The number of fused-ring (bicyclic) bond motifs is 1. The van der Waals surface area contributed by atoms with Crippen molar-refractivity contribution in [3.8, 4) is 17.0 Å². The minimum atomic E-state index is -0.359. The van der Waals surface area contributed by atoms with Gasteiger partial charge in [-0.3, -0.25) is 9.36 Å². The van der Waals surface area contributed by atoms with Crippen molar-refractivity contribution >= 4 is 17.2 Å². The molecule has 0 aliphatic heterocycles. The van der Waals surface area contributed by atoms with Crippen LogP contribution in [0.15, 0.2) is 59.5 Å². The number of halogens is 1. The van der Waals surface area contributed by atoms with E-state index in [1.165, 1.54) is 4.52 Å². The molecule has 0 fully saturated rings. The molecule has 0 unspecified atom stereocenters. The zero-order valence-electron chi connectivity index (χ0n) is 13.9. The smallest absolute Gasteiger partial charge is 0.286 e. The molecule has 6 nitrogen and oxygen atoms in total. The lowest BCUT2D eigenvalue weighted by Gasteiger charge is -2.15. The van der Waals surface area contributed by atoms with Crippen molar-refractivity contribution in [3.63, 3.8) is 0 Å². The topological polar surface area (TPSA) is 72.4 Å². The van der Waals surface area contributed by atoms with Gasteiger partial charge in [0.15, 0.2) is 0 Å². The van der Waals surface area contributed by atoms with Crippen LogP contribution in [-0.2, 0) is 6.54 Å². The van der Waals surface area contributed by atoms with E-state index in [1.807, 2.05) is 24.3 Å². The lowest BCUT2D eigenvalue weighted by atomic mass is 10.1. The Morgan fingerprint density at radius 1 is 1.15 bits per heavy atom. The molecule has 26 heavy (non-hydrogen) atoms. The van der Waals surface area contributed by atoms with E-state index in [-0.39, 0.29) is 17.0 Å². The van der Waals surface area contributed by atoms with Gasteiger partial charge in [0, 0.05) is 12.3 Å². The first-order chi connectivity index (χ1) is 12.5. The first kappa shape index (κ1) is 16.4. The van der Waals surface area contributed by atoms with Gasteiger partial charge in [0.05, 0.1) is 12.2 Å². The Kier molecular flexibility index (Phi) is 3.97. The lowest BCUT2D eigenvalue weighted by Crippen LogP contribution is -2.21. The van der Waals surface area contributed by atoms with Crippen molar-refractivity contribution in [2.45, 2.75) is 13.5 Å². The highest BCUT2D eigenvalue weighted by atomic mass is 35.5. The highest BCUT2D eigenvalue weighted by molar-refractivity contribution is 6.29. The van der Waals surface area contributed by atoms with Gasteiger partial charge in [-0.2, -0.15) is 9.61 Å². The summed E-state index contributed by atoms with van der Waals surface area (Å²) >= 11 is 5.85. The Bertz CT molecular complexity index is 1150. The van der Waals surface area contributed by atoms with Crippen molar-refractivity contribution in [2.24, 2.45) is 0 Å². The third kappa shape index (κ3) is 2.74. The molecule has 0 saturated heterocycles. The minimum absolute atomic E-state index is 0.108. The molecule has 0 spiro atoms. The molecule has 3 heterocycles. The number of aryl methyl sites for hydroxylation is 1. The first-order valence-electron chi connectivity index (χ1n) is 8.02. The average molecular weight is 367 g/mol. The largest absolute Gasteiger partial charge is 0.494 e. The van der Waals surface area contributed by atoms with Gasteiger partial charge in [-0.05, 0) is 24.1 Å². The van der Waals surface area contributed by atoms with Gasteiger partial charge in [0.2, 0.25) is 5.88 Å². The summed E-state index contributed by atoms with van der Waals surface area (Å²) in [6.45, 7) is 2.13. The number of benzene rings is 1. The number of aromatic hydroxyl groups is 1. The standard InChI is InChI=1S/C19H15ClN4O2/c1-12-9-16-23(11-13-7-8-15(20)21-10-13)18(25)17(19(26)24(16)22-12)14-5-3-2-4-6-14/h2-10,25H,11H2,1H3. The van der Waals surface area contributed by atoms with Crippen LogP contribution in [0.3, 0.4) is 0 Å². The predicted octanol–water partition coefficient (Wildman–Crippen LogP) is 3.27. The van der Waals surface area contributed by atoms with Crippen molar-refractivity contribution in [1.29, 1.82) is 0 Å². The van der Waals surface area contributed by atoms with Crippen LogP contribution in [0.1, 0.15) is 11.3 Å². The lowest BCUT2D eigenvalue weighted by molar-refractivity contribution is 0.422. The van der Waals surface area contributed by atoms with E-state index >= 15 is 0 Å². The molecule has 0 bridgehead atoms. The van der Waals surface area contributed by atoms with Crippen LogP contribution in [0.25, 0.3) is 16.8 Å². The fourth-order valence-electron chi connectivity index (χ4n) is 2.97. The van der Waals surface area contributed by atoms with Crippen LogP contribution in [0, 0.1) is 6.92 Å². The number of aromatic nitrogens is 4. The molecule has 0 radical (unpaired) electrons. The Balaban J connectivity index is 1.99. The summed E-state index contributed by atoms with van der Waals surface area (Å²) < 4.78 is 2.97. The Hall–Kier alpha value is -3.12. The Labute approximate surface area is 153 Å². The SMILES string of the molecule is Cc1cc2n(Cc3ccc(Cl)nc3)c(O)c(-c3ccccc3)c(=O)n2n1. The highest BCUT2D eigenvalue weighted by Crippen LogP contribution is 2.28. The summed E-state index contributed by atoms with van der Waals surface area (Å²) in [6, 6.07) is 14.3. The van der Waals surface area contributed by atoms with Crippen LogP contribution < -0.4 is 5.56 Å². The normalized spacial score (nSPS) is 11.2. The van der Waals surface area contributed by atoms with E-state index in [4.69, 9.17) is 11.6 Å². The maximum atomic E-state index is 12.9. The van der Waals surface area contributed by atoms with E-state index in [9.17, 15) is 9.90 Å². The third-order valence-electron chi connectivity index (χ3n) is 4.17. The summed E-state index contributed by atoms with van der Waals surface area (Å²) in [5.41, 5.74) is 2.53. The minimum Gasteiger partial charge on any atom is -0.494 e. The number of rotatable bonds is 3. The summed E-state index contributed by atoms with van der Waals surface area (Å²) in [6.07, 6.45) is 1.64. The van der Waals surface area contributed by atoms with Crippen LogP contribution >= 0.6 is 11.6 Å². The quantitative estimate of drug-likeness (QED) is 0.565. The van der Waals surface area contributed by atoms with E-state index in [0.29, 0.717) is 28.6 Å². The molecule has 3 aromatic heterocycles. The maximum absolute atomic E-state index is 12.9. The Morgan fingerprint density at radius 3 is 2.62 bits per heavy atom. The van der Waals surface area contributed by atoms with E-state index in [2.05, 4.69) is 10.1 Å². The van der Waals surface area contributed by atoms with Gasteiger partial charge < -0.3 is 5.11 Å². The zero-order valence-corrected chi connectivity index (χ0v) is 14.7. The molecule has 4 aromatic rings. The molecule has 1 N–H and O–H groups in total. The summed E-state index contributed by atoms with van der Waals surface area (Å²) in [7, 11) is 0.